The van der Waals surface area contributed by atoms with E-state index < -0.39 is 0 Å². The zero-order chi connectivity index (χ0) is 14.8. The average molecular weight is 318 g/mol. The zero-order valence-corrected chi connectivity index (χ0v) is 12.9. The van der Waals surface area contributed by atoms with Crippen LogP contribution in [0.15, 0.2) is 42.6 Å². The van der Waals surface area contributed by atoms with Crippen LogP contribution >= 0.6 is 22.9 Å². The van der Waals surface area contributed by atoms with Gasteiger partial charge in [0.05, 0.1) is 10.2 Å². The van der Waals surface area contributed by atoms with Crippen molar-refractivity contribution in [3.8, 4) is 0 Å². The van der Waals surface area contributed by atoms with Crippen molar-refractivity contribution in [1.29, 1.82) is 0 Å². The molecule has 6 heteroatoms. The maximum Gasteiger partial charge on any atom is 0.260 e. The van der Waals surface area contributed by atoms with E-state index in [4.69, 9.17) is 11.6 Å². The molecule has 0 radical (unpaired) electrons. The lowest BCUT2D eigenvalue weighted by molar-refractivity contribution is 0.0988. The molecule has 0 aliphatic rings. The molecular formula is C15H12ClN3OS. The van der Waals surface area contributed by atoms with E-state index in [1.165, 1.54) is 17.5 Å². The summed E-state index contributed by atoms with van der Waals surface area (Å²) in [6.45, 7) is 2.46. The number of halogens is 1. The van der Waals surface area contributed by atoms with Gasteiger partial charge in [0.25, 0.3) is 5.91 Å². The minimum absolute atomic E-state index is 0.124. The van der Waals surface area contributed by atoms with Crippen molar-refractivity contribution in [2.24, 2.45) is 0 Å². The van der Waals surface area contributed by atoms with Crippen LogP contribution in [-0.4, -0.2) is 22.4 Å². The number of carbonyl (C=O) groups excluding carboxylic acids is 1. The van der Waals surface area contributed by atoms with E-state index in [1.54, 1.807) is 17.0 Å². The highest BCUT2D eigenvalue weighted by Crippen LogP contribution is 2.29. The average Bonchev–Trinajstić information content (AvgIpc) is 2.91. The Labute approximate surface area is 131 Å². The van der Waals surface area contributed by atoms with E-state index in [2.05, 4.69) is 9.97 Å². The van der Waals surface area contributed by atoms with Gasteiger partial charge in [0.2, 0.25) is 0 Å². The lowest BCUT2D eigenvalue weighted by Crippen LogP contribution is -2.30. The number of thiazole rings is 1. The van der Waals surface area contributed by atoms with E-state index >= 15 is 0 Å². The van der Waals surface area contributed by atoms with Gasteiger partial charge in [-0.15, -0.1) is 0 Å². The van der Waals surface area contributed by atoms with Gasteiger partial charge in [-0.1, -0.05) is 35.1 Å². The lowest BCUT2D eigenvalue weighted by atomic mass is 10.2. The molecule has 2 aromatic heterocycles. The first-order valence-corrected chi connectivity index (χ1v) is 7.67. The predicted octanol–water partition coefficient (Wildman–Crippen LogP) is 4.01. The molecule has 21 heavy (non-hydrogen) atoms. The highest BCUT2D eigenvalue weighted by molar-refractivity contribution is 7.22. The summed E-state index contributed by atoms with van der Waals surface area (Å²) in [5.74, 6) is -0.124. The smallest absolute Gasteiger partial charge is 0.260 e. The van der Waals surface area contributed by atoms with E-state index in [1.807, 2.05) is 31.2 Å². The van der Waals surface area contributed by atoms with Gasteiger partial charge in [0.15, 0.2) is 5.13 Å². The number of amides is 1. The number of hydrogen-bond donors (Lipinski definition) is 0. The summed E-state index contributed by atoms with van der Waals surface area (Å²) in [6, 6.07) is 11.1. The van der Waals surface area contributed by atoms with Gasteiger partial charge in [-0.2, -0.15) is 0 Å². The summed E-state index contributed by atoms with van der Waals surface area (Å²) in [5, 5.41) is 0.998. The third kappa shape index (κ3) is 2.75. The summed E-state index contributed by atoms with van der Waals surface area (Å²) in [5.41, 5.74) is 1.41. The van der Waals surface area contributed by atoms with Gasteiger partial charge in [-0.05, 0) is 31.2 Å². The maximum atomic E-state index is 12.6. The molecule has 2 heterocycles. The van der Waals surface area contributed by atoms with E-state index in [0.29, 0.717) is 22.4 Å². The molecule has 1 aromatic carbocycles. The quantitative estimate of drug-likeness (QED) is 0.686. The van der Waals surface area contributed by atoms with Crippen molar-refractivity contribution in [2.75, 3.05) is 11.4 Å². The van der Waals surface area contributed by atoms with E-state index in [9.17, 15) is 4.79 Å². The predicted molar refractivity (Wildman–Crippen MR) is 86.2 cm³/mol. The normalized spacial score (nSPS) is 10.8. The number of nitrogens with zero attached hydrogens (tertiary/aromatic N) is 3. The molecule has 0 unspecified atom stereocenters. The molecule has 0 saturated heterocycles. The Morgan fingerprint density at radius 1 is 1.33 bits per heavy atom. The number of pyridine rings is 1. The van der Waals surface area contributed by atoms with E-state index in [0.717, 1.165) is 10.2 Å². The van der Waals surface area contributed by atoms with Crippen LogP contribution in [-0.2, 0) is 0 Å². The molecule has 1 amide bonds. The van der Waals surface area contributed by atoms with Crippen LogP contribution in [0.25, 0.3) is 10.2 Å². The molecule has 4 nitrogen and oxygen atoms in total. The fourth-order valence-electron chi connectivity index (χ4n) is 2.03. The second kappa shape index (κ2) is 5.79. The Balaban J connectivity index is 1.99. The summed E-state index contributed by atoms with van der Waals surface area (Å²) < 4.78 is 1.06. The van der Waals surface area contributed by atoms with Gasteiger partial charge in [0.1, 0.15) is 5.15 Å². The van der Waals surface area contributed by atoms with Crippen molar-refractivity contribution in [1.82, 2.24) is 9.97 Å². The van der Waals surface area contributed by atoms with Crippen LogP contribution in [0.1, 0.15) is 17.3 Å². The molecule has 0 saturated carbocycles. The monoisotopic (exact) mass is 317 g/mol. The maximum absolute atomic E-state index is 12.6. The van der Waals surface area contributed by atoms with Crippen molar-refractivity contribution < 1.29 is 4.79 Å². The fraction of sp³-hybridized carbons (Fsp3) is 0.133. The van der Waals surface area contributed by atoms with Crippen LogP contribution < -0.4 is 4.90 Å². The summed E-state index contributed by atoms with van der Waals surface area (Å²) in [7, 11) is 0. The van der Waals surface area contributed by atoms with Crippen LogP contribution in [0.3, 0.4) is 0 Å². The molecule has 106 valence electrons. The Kier molecular flexibility index (Phi) is 3.86. The number of aromatic nitrogens is 2. The molecule has 0 fully saturated rings. The zero-order valence-electron chi connectivity index (χ0n) is 11.3. The van der Waals surface area contributed by atoms with Gasteiger partial charge < -0.3 is 0 Å². The number of rotatable bonds is 3. The molecule has 3 aromatic rings. The van der Waals surface area contributed by atoms with Gasteiger partial charge >= 0.3 is 0 Å². The summed E-state index contributed by atoms with van der Waals surface area (Å²) >= 11 is 7.35. The third-order valence-electron chi connectivity index (χ3n) is 3.05. The number of para-hydroxylation sites is 1. The number of carbonyl (C=O) groups is 1. The minimum Gasteiger partial charge on any atom is -0.284 e. The lowest BCUT2D eigenvalue weighted by Gasteiger charge is -2.17. The molecule has 0 N–H and O–H groups in total. The fourth-order valence-corrected chi connectivity index (χ4v) is 3.23. The standard InChI is InChI=1S/C15H12ClN3OS/c1-2-19(14(20)10-7-8-17-13(16)9-10)15-18-11-5-3-4-6-12(11)21-15/h3-9H,2H2,1H3. The number of benzene rings is 1. The van der Waals surface area contributed by atoms with Crippen molar-refractivity contribution in [3.63, 3.8) is 0 Å². The van der Waals surface area contributed by atoms with Gasteiger partial charge in [-0.3, -0.25) is 9.69 Å². The second-order valence-corrected chi connectivity index (χ2v) is 5.78. The van der Waals surface area contributed by atoms with Crippen LogP contribution in [0.2, 0.25) is 5.15 Å². The number of fused-ring (bicyclic) bond motifs is 1. The third-order valence-corrected chi connectivity index (χ3v) is 4.31. The van der Waals surface area contributed by atoms with Crippen molar-refractivity contribution in [2.45, 2.75) is 6.92 Å². The second-order valence-electron chi connectivity index (χ2n) is 4.38. The Hall–Kier alpha value is -1.98. The molecule has 0 aliphatic carbocycles. The molecule has 0 bridgehead atoms. The van der Waals surface area contributed by atoms with Crippen LogP contribution in [0.4, 0.5) is 5.13 Å². The number of anilines is 1. The largest absolute Gasteiger partial charge is 0.284 e. The van der Waals surface area contributed by atoms with Crippen molar-refractivity contribution in [3.05, 3.63) is 53.3 Å². The molecule has 0 aliphatic heterocycles. The molecular weight excluding hydrogens is 306 g/mol. The highest BCUT2D eigenvalue weighted by Gasteiger charge is 2.19. The topological polar surface area (TPSA) is 46.1 Å². The first kappa shape index (κ1) is 14.0. The van der Waals surface area contributed by atoms with Crippen LogP contribution in [0, 0.1) is 0 Å². The molecule has 0 spiro atoms. The molecule has 0 atom stereocenters. The Bertz CT molecular complexity index is 769. The first-order chi connectivity index (χ1) is 10.2. The SMILES string of the molecule is CCN(C(=O)c1ccnc(Cl)c1)c1nc2ccccc2s1. The minimum atomic E-state index is -0.124. The van der Waals surface area contributed by atoms with E-state index in [-0.39, 0.29) is 5.91 Å². The van der Waals surface area contributed by atoms with Crippen molar-refractivity contribution >= 4 is 44.2 Å². The first-order valence-electron chi connectivity index (χ1n) is 6.48. The summed E-state index contributed by atoms with van der Waals surface area (Å²) in [4.78, 5) is 22.7. The molecule has 3 rings (SSSR count). The van der Waals surface area contributed by atoms with Gasteiger partial charge in [-0.25, -0.2) is 9.97 Å². The summed E-state index contributed by atoms with van der Waals surface area (Å²) in [6.07, 6.45) is 1.53. The number of hydrogen-bond acceptors (Lipinski definition) is 4. The van der Waals surface area contributed by atoms with Gasteiger partial charge in [0, 0.05) is 18.3 Å². The Morgan fingerprint density at radius 3 is 2.86 bits per heavy atom. The van der Waals surface area contributed by atoms with Crippen LogP contribution in [0.5, 0.6) is 0 Å². The Morgan fingerprint density at radius 2 is 2.14 bits per heavy atom. The highest BCUT2D eigenvalue weighted by atomic mass is 35.5.